The number of pyridine rings is 1. The van der Waals surface area contributed by atoms with Gasteiger partial charge in [0, 0.05) is 49.9 Å². The highest BCUT2D eigenvalue weighted by molar-refractivity contribution is 5.76. The van der Waals surface area contributed by atoms with Crippen LogP contribution in [-0.2, 0) is 27.1 Å². The van der Waals surface area contributed by atoms with E-state index in [0.29, 0.717) is 36.8 Å². The molecule has 0 spiro atoms. The van der Waals surface area contributed by atoms with Crippen molar-refractivity contribution in [3.05, 3.63) is 34.0 Å². The number of H-pyrrole nitrogens is 2. The molecule has 2 aromatic heterocycles. The fraction of sp³-hybridized carbons (Fsp3) is 0.630. The summed E-state index contributed by atoms with van der Waals surface area (Å²) in [6, 6.07) is 1.79. The molecule has 0 radical (unpaired) electrons. The number of carbonyl (C=O) groups is 2. The molecule has 12 nitrogen and oxygen atoms in total. The summed E-state index contributed by atoms with van der Waals surface area (Å²) in [6.45, 7) is 9.19. The van der Waals surface area contributed by atoms with Gasteiger partial charge in [0.25, 0.3) is 5.56 Å². The molecule has 0 aromatic carbocycles. The molecule has 2 amide bonds. The van der Waals surface area contributed by atoms with Gasteiger partial charge in [0.15, 0.2) is 0 Å². The number of hydrogen-bond donors (Lipinski definition) is 6. The Hall–Kier alpha value is -3.38. The number of rotatable bonds is 13. The molecule has 3 rings (SSSR count). The normalized spacial score (nSPS) is 14.7. The molecule has 1 unspecified atom stereocenters. The summed E-state index contributed by atoms with van der Waals surface area (Å²) >= 11 is 0. The van der Waals surface area contributed by atoms with E-state index in [1.54, 1.807) is 33.0 Å². The van der Waals surface area contributed by atoms with E-state index in [1.807, 2.05) is 6.92 Å². The zero-order valence-corrected chi connectivity index (χ0v) is 23.5. The summed E-state index contributed by atoms with van der Waals surface area (Å²) in [5.74, 6) is 0.360. The Morgan fingerprint density at radius 3 is 2.54 bits per heavy atom. The van der Waals surface area contributed by atoms with Crippen molar-refractivity contribution in [2.45, 2.75) is 65.4 Å². The number of nitrogens with zero attached hydrogens (tertiary/aromatic N) is 1. The monoisotopic (exact) mass is 545 g/mol. The van der Waals surface area contributed by atoms with E-state index in [4.69, 9.17) is 20.2 Å². The highest BCUT2D eigenvalue weighted by Gasteiger charge is 2.28. The maximum absolute atomic E-state index is 12.9. The molecule has 0 saturated heterocycles. The molecular formula is C27H43N7O5. The first kappa shape index (κ1) is 30.2. The van der Waals surface area contributed by atoms with Gasteiger partial charge in [-0.3, -0.25) is 9.59 Å². The standard InChI is InChI=1S/C27H43N7O5/c1-26(2,3)39-25(37)32-17-27(4,16-31-21(35)10-13-38-14-11-28)15-30-20-9-12-29-24(36)22(20)23-33-18-7-5-6-8-19(18)34-23/h9,12H,5-8,10-11,13-17,28H2,1-4H3,(H,31,35)(H,32,37)(H,33,34)(H2,29,30,36). The second kappa shape index (κ2) is 13.6. The molecule has 12 heteroatoms. The van der Waals surface area contributed by atoms with Crippen LogP contribution in [0.5, 0.6) is 0 Å². The Morgan fingerprint density at radius 2 is 1.82 bits per heavy atom. The van der Waals surface area contributed by atoms with Gasteiger partial charge in [-0.2, -0.15) is 0 Å². The minimum atomic E-state index is -0.640. The Labute approximate surface area is 229 Å². The van der Waals surface area contributed by atoms with E-state index < -0.39 is 17.1 Å². The fourth-order valence-corrected chi connectivity index (χ4v) is 4.28. The first-order valence-electron chi connectivity index (χ1n) is 13.5. The van der Waals surface area contributed by atoms with Crippen LogP contribution in [0.25, 0.3) is 11.4 Å². The van der Waals surface area contributed by atoms with Gasteiger partial charge in [0.05, 0.1) is 24.6 Å². The minimum absolute atomic E-state index is 0.173. The molecular weight excluding hydrogens is 502 g/mol. The van der Waals surface area contributed by atoms with E-state index in [-0.39, 0.29) is 37.6 Å². The Bertz CT molecular complexity index is 1150. The van der Waals surface area contributed by atoms with Crippen LogP contribution in [0.1, 0.15) is 58.3 Å². The van der Waals surface area contributed by atoms with Crippen LogP contribution in [0.4, 0.5) is 10.5 Å². The summed E-state index contributed by atoms with van der Waals surface area (Å²) in [4.78, 5) is 48.5. The van der Waals surface area contributed by atoms with Crippen LogP contribution in [0.15, 0.2) is 17.1 Å². The average molecular weight is 546 g/mol. The van der Waals surface area contributed by atoms with Gasteiger partial charge in [-0.1, -0.05) is 6.92 Å². The minimum Gasteiger partial charge on any atom is -0.444 e. The molecule has 1 atom stereocenters. The Morgan fingerprint density at radius 1 is 1.08 bits per heavy atom. The largest absolute Gasteiger partial charge is 0.444 e. The third-order valence-corrected chi connectivity index (χ3v) is 6.36. The van der Waals surface area contributed by atoms with Crippen molar-refractivity contribution in [1.29, 1.82) is 0 Å². The number of aromatic amines is 2. The van der Waals surface area contributed by atoms with Crippen molar-refractivity contribution < 1.29 is 19.1 Å². The van der Waals surface area contributed by atoms with Gasteiger partial charge < -0.3 is 41.1 Å². The predicted molar refractivity (Wildman–Crippen MR) is 150 cm³/mol. The molecule has 1 aliphatic rings. The quantitative estimate of drug-likeness (QED) is 0.207. The van der Waals surface area contributed by atoms with E-state index in [2.05, 4.69) is 25.9 Å². The zero-order valence-electron chi connectivity index (χ0n) is 23.5. The number of ether oxygens (including phenoxy) is 2. The van der Waals surface area contributed by atoms with Crippen molar-refractivity contribution >= 4 is 17.7 Å². The molecule has 0 saturated carbocycles. The summed E-state index contributed by atoms with van der Waals surface area (Å²) in [5.41, 5.74) is 7.01. The van der Waals surface area contributed by atoms with E-state index in [9.17, 15) is 14.4 Å². The SMILES string of the molecule is CC(CNC(=O)CCOCCN)(CNC(=O)OC(C)(C)C)CNc1cc[nH]c(=O)c1-c1nc2c([nH]1)CCCC2. The fourth-order valence-electron chi connectivity index (χ4n) is 4.28. The highest BCUT2D eigenvalue weighted by Crippen LogP contribution is 2.27. The number of fused-ring (bicyclic) bond motifs is 1. The number of aromatic nitrogens is 3. The molecule has 216 valence electrons. The molecule has 0 fully saturated rings. The Kier molecular flexibility index (Phi) is 10.5. The number of hydrogen-bond acceptors (Lipinski definition) is 8. The van der Waals surface area contributed by atoms with Crippen LogP contribution in [-0.4, -0.2) is 71.9 Å². The van der Waals surface area contributed by atoms with E-state index in [1.165, 1.54) is 0 Å². The van der Waals surface area contributed by atoms with Crippen LogP contribution in [0.2, 0.25) is 0 Å². The number of nitrogens with two attached hydrogens (primary N) is 1. The van der Waals surface area contributed by atoms with Gasteiger partial charge in [0.2, 0.25) is 5.91 Å². The summed E-state index contributed by atoms with van der Waals surface area (Å²) < 4.78 is 10.7. The first-order chi connectivity index (χ1) is 18.5. The number of carbonyl (C=O) groups excluding carboxylic acids is 2. The number of nitrogens with one attached hydrogen (secondary N) is 5. The molecule has 1 aliphatic carbocycles. The average Bonchev–Trinajstić information content (AvgIpc) is 3.30. The Balaban J connectivity index is 1.74. The lowest BCUT2D eigenvalue weighted by Crippen LogP contribution is -2.48. The lowest BCUT2D eigenvalue weighted by molar-refractivity contribution is -0.122. The third-order valence-electron chi connectivity index (χ3n) is 6.36. The zero-order chi connectivity index (χ0) is 28.5. The topological polar surface area (TPSA) is 176 Å². The first-order valence-corrected chi connectivity index (χ1v) is 13.5. The van der Waals surface area contributed by atoms with Crippen molar-refractivity contribution in [2.24, 2.45) is 11.1 Å². The van der Waals surface area contributed by atoms with Crippen LogP contribution in [0, 0.1) is 5.41 Å². The van der Waals surface area contributed by atoms with Crippen LogP contribution in [0.3, 0.4) is 0 Å². The second-order valence-corrected chi connectivity index (χ2v) is 11.3. The second-order valence-electron chi connectivity index (χ2n) is 11.3. The van der Waals surface area contributed by atoms with Gasteiger partial charge in [-0.15, -0.1) is 0 Å². The molecule has 2 heterocycles. The van der Waals surface area contributed by atoms with Gasteiger partial charge in [0.1, 0.15) is 17.0 Å². The van der Waals surface area contributed by atoms with Gasteiger partial charge >= 0.3 is 6.09 Å². The van der Waals surface area contributed by atoms with E-state index in [0.717, 1.165) is 37.1 Å². The maximum atomic E-state index is 12.9. The summed E-state index contributed by atoms with van der Waals surface area (Å²) in [5, 5.41) is 9.11. The number of anilines is 1. The molecule has 0 bridgehead atoms. The molecule has 7 N–H and O–H groups in total. The number of imidazole rings is 1. The van der Waals surface area contributed by atoms with E-state index >= 15 is 0 Å². The smallest absolute Gasteiger partial charge is 0.407 e. The summed E-state index contributed by atoms with van der Waals surface area (Å²) in [6.07, 6.45) is 5.22. The lowest BCUT2D eigenvalue weighted by atomic mass is 9.90. The molecule has 2 aromatic rings. The van der Waals surface area contributed by atoms with Crippen molar-refractivity contribution in [3.63, 3.8) is 0 Å². The van der Waals surface area contributed by atoms with Crippen molar-refractivity contribution in [2.75, 3.05) is 44.7 Å². The van der Waals surface area contributed by atoms with Crippen molar-refractivity contribution in [3.8, 4) is 11.4 Å². The summed E-state index contributed by atoms with van der Waals surface area (Å²) in [7, 11) is 0. The predicted octanol–water partition coefficient (Wildman–Crippen LogP) is 2.07. The number of alkyl carbamates (subject to hydrolysis) is 1. The lowest BCUT2D eigenvalue weighted by Gasteiger charge is -2.31. The highest BCUT2D eigenvalue weighted by atomic mass is 16.6. The number of amides is 2. The van der Waals surface area contributed by atoms with Gasteiger partial charge in [-0.25, -0.2) is 9.78 Å². The molecule has 39 heavy (non-hydrogen) atoms. The molecule has 0 aliphatic heterocycles. The van der Waals surface area contributed by atoms with Crippen LogP contribution >= 0.6 is 0 Å². The number of aryl methyl sites for hydroxylation is 2. The van der Waals surface area contributed by atoms with Gasteiger partial charge in [-0.05, 0) is 52.5 Å². The third kappa shape index (κ3) is 9.39. The maximum Gasteiger partial charge on any atom is 0.407 e. The van der Waals surface area contributed by atoms with Crippen LogP contribution < -0.4 is 27.2 Å². The van der Waals surface area contributed by atoms with Crippen molar-refractivity contribution in [1.82, 2.24) is 25.6 Å².